The van der Waals surface area contributed by atoms with Crippen molar-refractivity contribution in [3.63, 3.8) is 0 Å². The first-order chi connectivity index (χ1) is 7.90. The molecule has 0 fully saturated rings. The van der Waals surface area contributed by atoms with Crippen molar-refractivity contribution in [1.29, 1.82) is 0 Å². The van der Waals surface area contributed by atoms with Crippen LogP contribution in [0.4, 0.5) is 0 Å². The minimum atomic E-state index is 0.487. The first kappa shape index (κ1) is 10.7. The van der Waals surface area contributed by atoms with Crippen molar-refractivity contribution in [3.05, 3.63) is 24.4 Å². The average Bonchev–Trinajstić information content (AvgIpc) is 2.79. The van der Waals surface area contributed by atoms with Crippen molar-refractivity contribution in [2.45, 2.75) is 13.3 Å². The third kappa shape index (κ3) is 2.60. The molecule has 6 nitrogen and oxygen atoms in total. The van der Waals surface area contributed by atoms with Crippen LogP contribution in [0, 0.1) is 0 Å². The minimum Gasteiger partial charge on any atom is -0.421 e. The van der Waals surface area contributed by atoms with Gasteiger partial charge in [-0.05, 0) is 12.6 Å². The molecule has 0 spiro atoms. The first-order valence-electron chi connectivity index (χ1n) is 5.20. The van der Waals surface area contributed by atoms with E-state index in [2.05, 4.69) is 32.6 Å². The summed E-state index contributed by atoms with van der Waals surface area (Å²) in [7, 11) is 0. The molecule has 0 radical (unpaired) electrons. The molecule has 0 amide bonds. The summed E-state index contributed by atoms with van der Waals surface area (Å²) >= 11 is 0. The van der Waals surface area contributed by atoms with E-state index in [0.717, 1.165) is 25.1 Å². The standard InChI is InChI=1S/C10H13N5O/c1-2-11-5-4-9-14-15-10(16-9)8-3-6-12-13-7-8/h3,6-7,11H,2,4-5H2,1H3. The maximum atomic E-state index is 5.49. The van der Waals surface area contributed by atoms with E-state index in [1.165, 1.54) is 0 Å². The number of rotatable bonds is 5. The van der Waals surface area contributed by atoms with Crippen LogP contribution in [-0.2, 0) is 6.42 Å². The average molecular weight is 219 g/mol. The van der Waals surface area contributed by atoms with Gasteiger partial charge in [-0.3, -0.25) is 0 Å². The van der Waals surface area contributed by atoms with Crippen LogP contribution in [0.1, 0.15) is 12.8 Å². The van der Waals surface area contributed by atoms with Gasteiger partial charge < -0.3 is 9.73 Å². The fourth-order valence-electron chi connectivity index (χ4n) is 1.26. The predicted molar refractivity (Wildman–Crippen MR) is 57.6 cm³/mol. The number of nitrogens with one attached hydrogen (secondary N) is 1. The summed E-state index contributed by atoms with van der Waals surface area (Å²) in [5, 5.41) is 18.6. The smallest absolute Gasteiger partial charge is 0.249 e. The van der Waals surface area contributed by atoms with Crippen LogP contribution in [0.2, 0.25) is 0 Å². The third-order valence-corrected chi connectivity index (χ3v) is 2.06. The Hall–Kier alpha value is -1.82. The highest BCUT2D eigenvalue weighted by Gasteiger charge is 2.07. The van der Waals surface area contributed by atoms with Gasteiger partial charge in [0.25, 0.3) is 0 Å². The summed E-state index contributed by atoms with van der Waals surface area (Å²) in [5.41, 5.74) is 0.789. The molecule has 0 aromatic carbocycles. The molecule has 0 bridgehead atoms. The zero-order valence-corrected chi connectivity index (χ0v) is 9.05. The molecule has 0 saturated heterocycles. The Balaban J connectivity index is 2.02. The van der Waals surface area contributed by atoms with Crippen molar-refractivity contribution >= 4 is 0 Å². The van der Waals surface area contributed by atoms with E-state index < -0.39 is 0 Å². The van der Waals surface area contributed by atoms with Gasteiger partial charge in [-0.2, -0.15) is 10.2 Å². The molecule has 2 aromatic heterocycles. The first-order valence-corrected chi connectivity index (χ1v) is 5.20. The highest BCUT2D eigenvalue weighted by Crippen LogP contribution is 2.15. The van der Waals surface area contributed by atoms with E-state index in [1.807, 2.05) is 0 Å². The van der Waals surface area contributed by atoms with E-state index in [-0.39, 0.29) is 0 Å². The lowest BCUT2D eigenvalue weighted by Crippen LogP contribution is -2.16. The molecule has 2 aromatic rings. The maximum absolute atomic E-state index is 5.49. The second-order valence-electron chi connectivity index (χ2n) is 3.24. The Morgan fingerprint density at radius 2 is 2.25 bits per heavy atom. The highest BCUT2D eigenvalue weighted by atomic mass is 16.4. The van der Waals surface area contributed by atoms with Gasteiger partial charge in [-0.1, -0.05) is 6.92 Å². The molecule has 0 atom stereocenters. The molecule has 2 rings (SSSR count). The summed E-state index contributed by atoms with van der Waals surface area (Å²) in [5.74, 6) is 1.12. The topological polar surface area (TPSA) is 76.7 Å². The zero-order valence-electron chi connectivity index (χ0n) is 9.05. The van der Waals surface area contributed by atoms with Crippen LogP contribution < -0.4 is 5.32 Å². The van der Waals surface area contributed by atoms with E-state index in [1.54, 1.807) is 18.5 Å². The van der Waals surface area contributed by atoms with Crippen LogP contribution in [0.15, 0.2) is 22.9 Å². The van der Waals surface area contributed by atoms with Gasteiger partial charge in [-0.15, -0.1) is 10.2 Å². The largest absolute Gasteiger partial charge is 0.421 e. The predicted octanol–water partition coefficient (Wildman–Crippen LogP) is 0.679. The second kappa shape index (κ2) is 5.32. The van der Waals surface area contributed by atoms with Crippen LogP contribution in [0.5, 0.6) is 0 Å². The van der Waals surface area contributed by atoms with Gasteiger partial charge in [0.05, 0.1) is 18.0 Å². The number of aromatic nitrogens is 4. The maximum Gasteiger partial charge on any atom is 0.249 e. The number of hydrogen-bond donors (Lipinski definition) is 1. The molecule has 0 aliphatic rings. The lowest BCUT2D eigenvalue weighted by Gasteiger charge is -1.96. The molecule has 16 heavy (non-hydrogen) atoms. The van der Waals surface area contributed by atoms with Gasteiger partial charge in [0, 0.05) is 13.0 Å². The number of hydrogen-bond acceptors (Lipinski definition) is 6. The zero-order chi connectivity index (χ0) is 11.2. The minimum absolute atomic E-state index is 0.487. The van der Waals surface area contributed by atoms with Crippen molar-refractivity contribution in [2.24, 2.45) is 0 Å². The fraction of sp³-hybridized carbons (Fsp3) is 0.400. The van der Waals surface area contributed by atoms with Crippen molar-refractivity contribution < 1.29 is 4.42 Å². The number of likely N-dealkylation sites (N-methyl/N-ethyl adjacent to an activating group) is 1. The number of nitrogens with zero attached hydrogens (tertiary/aromatic N) is 4. The molecule has 1 N–H and O–H groups in total. The molecule has 0 unspecified atom stereocenters. The molecule has 0 aliphatic heterocycles. The fourth-order valence-corrected chi connectivity index (χ4v) is 1.26. The van der Waals surface area contributed by atoms with Crippen molar-refractivity contribution in [3.8, 4) is 11.5 Å². The lowest BCUT2D eigenvalue weighted by atomic mass is 10.3. The molecular formula is C10H13N5O. The normalized spacial score (nSPS) is 10.6. The Morgan fingerprint density at radius 1 is 1.31 bits per heavy atom. The van der Waals surface area contributed by atoms with Gasteiger partial charge in [0.2, 0.25) is 11.8 Å². The van der Waals surface area contributed by atoms with Crippen LogP contribution >= 0.6 is 0 Å². The summed E-state index contributed by atoms with van der Waals surface area (Å²) in [4.78, 5) is 0. The molecule has 0 aliphatic carbocycles. The molecule has 84 valence electrons. The van der Waals surface area contributed by atoms with Gasteiger partial charge in [0.1, 0.15) is 0 Å². The van der Waals surface area contributed by atoms with Crippen LogP contribution in [-0.4, -0.2) is 33.5 Å². The lowest BCUT2D eigenvalue weighted by molar-refractivity contribution is 0.496. The van der Waals surface area contributed by atoms with Crippen molar-refractivity contribution in [1.82, 2.24) is 25.7 Å². The summed E-state index contributed by atoms with van der Waals surface area (Å²) < 4.78 is 5.49. The van der Waals surface area contributed by atoms with Crippen LogP contribution in [0.3, 0.4) is 0 Å². The van der Waals surface area contributed by atoms with Gasteiger partial charge in [0.15, 0.2) is 0 Å². The van der Waals surface area contributed by atoms with E-state index in [9.17, 15) is 0 Å². The Morgan fingerprint density at radius 3 is 3.00 bits per heavy atom. The summed E-state index contributed by atoms with van der Waals surface area (Å²) in [6.07, 6.45) is 3.93. The highest BCUT2D eigenvalue weighted by molar-refractivity contribution is 5.49. The summed E-state index contributed by atoms with van der Waals surface area (Å²) in [6.45, 7) is 3.84. The van der Waals surface area contributed by atoms with E-state index >= 15 is 0 Å². The second-order valence-corrected chi connectivity index (χ2v) is 3.24. The van der Waals surface area contributed by atoms with E-state index in [0.29, 0.717) is 11.8 Å². The molecule has 0 saturated carbocycles. The summed E-state index contributed by atoms with van der Waals surface area (Å²) in [6, 6.07) is 1.79. The Kier molecular flexibility index (Phi) is 3.55. The monoisotopic (exact) mass is 219 g/mol. The Labute approximate surface area is 93.1 Å². The molecule has 6 heteroatoms. The quantitative estimate of drug-likeness (QED) is 0.745. The van der Waals surface area contributed by atoms with Gasteiger partial charge >= 0.3 is 0 Å². The van der Waals surface area contributed by atoms with E-state index in [4.69, 9.17) is 4.42 Å². The third-order valence-electron chi connectivity index (χ3n) is 2.06. The van der Waals surface area contributed by atoms with Gasteiger partial charge in [-0.25, -0.2) is 0 Å². The molecular weight excluding hydrogens is 206 g/mol. The van der Waals surface area contributed by atoms with Crippen LogP contribution in [0.25, 0.3) is 11.5 Å². The SMILES string of the molecule is CCNCCc1nnc(-c2ccnnc2)o1. The van der Waals surface area contributed by atoms with Crippen molar-refractivity contribution in [2.75, 3.05) is 13.1 Å². The Bertz CT molecular complexity index is 428. The molecule has 2 heterocycles.